The summed E-state index contributed by atoms with van der Waals surface area (Å²) in [6, 6.07) is 6.15. The molecule has 0 saturated carbocycles. The molecule has 0 heterocycles. The first-order valence-corrected chi connectivity index (χ1v) is 5.98. The Hall–Kier alpha value is -1.82. The third kappa shape index (κ3) is 2.53. The van der Waals surface area contributed by atoms with E-state index in [1.807, 2.05) is 32.9 Å². The Morgan fingerprint density at radius 1 is 1.22 bits per heavy atom. The van der Waals surface area contributed by atoms with Gasteiger partial charge >= 0.3 is 0 Å². The second kappa shape index (κ2) is 4.81. The summed E-state index contributed by atoms with van der Waals surface area (Å²) in [4.78, 5) is 13.9. The average molecular weight is 244 g/mol. The zero-order chi connectivity index (χ0) is 14.1. The van der Waals surface area contributed by atoms with Gasteiger partial charge in [-0.05, 0) is 45.7 Å². The Balaban J connectivity index is 3.25. The van der Waals surface area contributed by atoms with Crippen LogP contribution in [0.25, 0.3) is 0 Å². The maximum absolute atomic E-state index is 12.3. The van der Waals surface area contributed by atoms with Gasteiger partial charge in [0.1, 0.15) is 5.41 Å². The number of nitriles is 1. The van der Waals surface area contributed by atoms with Gasteiger partial charge in [-0.3, -0.25) is 4.79 Å². The summed E-state index contributed by atoms with van der Waals surface area (Å²) in [5.74, 6) is -0.181. The van der Waals surface area contributed by atoms with Crippen LogP contribution in [-0.2, 0) is 4.79 Å². The number of nitrogens with zero attached hydrogens (tertiary/aromatic N) is 2. The zero-order valence-electron chi connectivity index (χ0n) is 12.0. The van der Waals surface area contributed by atoms with Crippen molar-refractivity contribution in [2.75, 3.05) is 11.9 Å². The maximum Gasteiger partial charge on any atom is 0.246 e. The maximum atomic E-state index is 12.3. The van der Waals surface area contributed by atoms with Gasteiger partial charge in [0, 0.05) is 12.7 Å². The van der Waals surface area contributed by atoms with E-state index in [4.69, 9.17) is 5.26 Å². The van der Waals surface area contributed by atoms with E-state index in [1.54, 1.807) is 25.8 Å². The minimum absolute atomic E-state index is 0.181. The Labute approximate surface area is 109 Å². The lowest BCUT2D eigenvalue weighted by molar-refractivity contribution is -0.123. The van der Waals surface area contributed by atoms with E-state index in [2.05, 4.69) is 6.07 Å². The third-order valence-corrected chi connectivity index (χ3v) is 3.09. The molecule has 1 aromatic carbocycles. The highest BCUT2D eigenvalue weighted by molar-refractivity contribution is 5.99. The van der Waals surface area contributed by atoms with E-state index in [9.17, 15) is 4.79 Å². The molecule has 0 aliphatic rings. The van der Waals surface area contributed by atoms with E-state index in [1.165, 1.54) is 5.56 Å². The van der Waals surface area contributed by atoms with Gasteiger partial charge in [-0.25, -0.2) is 0 Å². The molecule has 0 bridgehead atoms. The predicted molar refractivity (Wildman–Crippen MR) is 73.5 cm³/mol. The molecule has 18 heavy (non-hydrogen) atoms. The van der Waals surface area contributed by atoms with Crippen molar-refractivity contribution in [1.82, 2.24) is 0 Å². The van der Waals surface area contributed by atoms with Crippen molar-refractivity contribution in [3.63, 3.8) is 0 Å². The molecule has 0 spiro atoms. The van der Waals surface area contributed by atoms with Crippen LogP contribution in [0.15, 0.2) is 12.1 Å². The smallest absolute Gasteiger partial charge is 0.246 e. The fraction of sp³-hybridized carbons (Fsp3) is 0.467. The van der Waals surface area contributed by atoms with E-state index in [0.29, 0.717) is 0 Å². The van der Waals surface area contributed by atoms with Gasteiger partial charge in [-0.1, -0.05) is 17.7 Å². The highest BCUT2D eigenvalue weighted by atomic mass is 16.2. The highest BCUT2D eigenvalue weighted by Crippen LogP contribution is 2.28. The van der Waals surface area contributed by atoms with E-state index in [0.717, 1.165) is 16.8 Å². The van der Waals surface area contributed by atoms with Crippen molar-refractivity contribution in [1.29, 1.82) is 5.26 Å². The van der Waals surface area contributed by atoms with E-state index >= 15 is 0 Å². The molecule has 1 aromatic rings. The molecule has 3 heteroatoms. The number of hydrogen-bond donors (Lipinski definition) is 0. The molecule has 0 fully saturated rings. The molecule has 1 rings (SSSR count). The molecular formula is C15H20N2O. The number of carbonyl (C=O) groups is 1. The van der Waals surface area contributed by atoms with E-state index < -0.39 is 5.41 Å². The van der Waals surface area contributed by atoms with E-state index in [-0.39, 0.29) is 5.91 Å². The zero-order valence-corrected chi connectivity index (χ0v) is 12.0. The first-order valence-electron chi connectivity index (χ1n) is 5.98. The standard InChI is InChI=1S/C15H20N2O/c1-10-7-11(2)13(12(3)8-10)17(6)14(18)15(4,5)9-16/h7-8H,1-6H3. The van der Waals surface area contributed by atoms with Crippen molar-refractivity contribution in [2.24, 2.45) is 5.41 Å². The summed E-state index contributed by atoms with van der Waals surface area (Å²) >= 11 is 0. The number of aryl methyl sites for hydroxylation is 3. The summed E-state index contributed by atoms with van der Waals surface area (Å²) in [6.45, 7) is 9.29. The van der Waals surface area contributed by atoms with Crippen LogP contribution < -0.4 is 4.90 Å². The molecule has 0 unspecified atom stereocenters. The van der Waals surface area contributed by atoms with Crippen molar-refractivity contribution in [3.8, 4) is 6.07 Å². The van der Waals surface area contributed by atoms with Crippen molar-refractivity contribution in [3.05, 3.63) is 28.8 Å². The average Bonchev–Trinajstić information content (AvgIpc) is 2.26. The van der Waals surface area contributed by atoms with Crippen molar-refractivity contribution < 1.29 is 4.79 Å². The first-order chi connectivity index (χ1) is 8.20. The number of rotatable bonds is 2. The minimum Gasteiger partial charge on any atom is -0.314 e. The minimum atomic E-state index is -1.00. The van der Waals surface area contributed by atoms with Gasteiger partial charge < -0.3 is 4.90 Å². The largest absolute Gasteiger partial charge is 0.314 e. The number of amides is 1. The topological polar surface area (TPSA) is 44.1 Å². The van der Waals surface area contributed by atoms with Crippen molar-refractivity contribution >= 4 is 11.6 Å². The molecule has 0 atom stereocenters. The third-order valence-electron chi connectivity index (χ3n) is 3.09. The van der Waals surface area contributed by atoms with Crippen molar-refractivity contribution in [2.45, 2.75) is 34.6 Å². The summed E-state index contributed by atoms with van der Waals surface area (Å²) in [5.41, 5.74) is 3.18. The quantitative estimate of drug-likeness (QED) is 0.802. The Morgan fingerprint density at radius 3 is 2.06 bits per heavy atom. The van der Waals surface area contributed by atoms with Gasteiger partial charge in [0.25, 0.3) is 0 Å². The monoisotopic (exact) mass is 244 g/mol. The molecule has 0 aliphatic carbocycles. The number of carbonyl (C=O) groups excluding carboxylic acids is 1. The van der Waals surface area contributed by atoms with Crippen LogP contribution in [0.1, 0.15) is 30.5 Å². The number of hydrogen-bond acceptors (Lipinski definition) is 2. The molecule has 0 N–H and O–H groups in total. The Kier molecular flexibility index (Phi) is 3.81. The molecular weight excluding hydrogens is 224 g/mol. The van der Waals surface area contributed by atoms with Crippen LogP contribution in [0, 0.1) is 37.5 Å². The lowest BCUT2D eigenvalue weighted by Crippen LogP contribution is -2.38. The highest BCUT2D eigenvalue weighted by Gasteiger charge is 2.31. The number of anilines is 1. The molecule has 0 aromatic heterocycles. The predicted octanol–water partition coefficient (Wildman–Crippen LogP) is 3.12. The van der Waals surface area contributed by atoms with Gasteiger partial charge in [-0.2, -0.15) is 5.26 Å². The van der Waals surface area contributed by atoms with Crippen LogP contribution in [0.3, 0.4) is 0 Å². The molecule has 0 saturated heterocycles. The molecule has 1 amide bonds. The Bertz CT molecular complexity index is 501. The second-order valence-electron chi connectivity index (χ2n) is 5.35. The number of benzene rings is 1. The Morgan fingerprint density at radius 2 is 1.67 bits per heavy atom. The molecule has 0 aliphatic heterocycles. The SMILES string of the molecule is Cc1cc(C)c(N(C)C(=O)C(C)(C)C#N)c(C)c1. The molecule has 96 valence electrons. The van der Waals surface area contributed by atoms with Crippen LogP contribution in [0.5, 0.6) is 0 Å². The normalized spacial score (nSPS) is 10.9. The van der Waals surface area contributed by atoms with Crippen LogP contribution in [0.2, 0.25) is 0 Å². The lowest BCUT2D eigenvalue weighted by Gasteiger charge is -2.27. The summed E-state index contributed by atoms with van der Waals surface area (Å²) < 4.78 is 0. The first kappa shape index (κ1) is 14.2. The van der Waals surface area contributed by atoms with Gasteiger partial charge in [-0.15, -0.1) is 0 Å². The van der Waals surface area contributed by atoms with Gasteiger partial charge in [0.05, 0.1) is 6.07 Å². The summed E-state index contributed by atoms with van der Waals surface area (Å²) in [7, 11) is 1.73. The van der Waals surface area contributed by atoms with Crippen LogP contribution in [-0.4, -0.2) is 13.0 Å². The van der Waals surface area contributed by atoms with Crippen LogP contribution >= 0.6 is 0 Å². The fourth-order valence-corrected chi connectivity index (χ4v) is 2.27. The fourth-order valence-electron chi connectivity index (χ4n) is 2.27. The van der Waals surface area contributed by atoms with Gasteiger partial charge in [0.2, 0.25) is 5.91 Å². The van der Waals surface area contributed by atoms with Gasteiger partial charge in [0.15, 0.2) is 0 Å². The molecule has 0 radical (unpaired) electrons. The molecule has 3 nitrogen and oxygen atoms in total. The lowest BCUT2D eigenvalue weighted by atomic mass is 9.93. The summed E-state index contributed by atoms with van der Waals surface area (Å²) in [5, 5.41) is 9.05. The van der Waals surface area contributed by atoms with Crippen LogP contribution in [0.4, 0.5) is 5.69 Å². The summed E-state index contributed by atoms with van der Waals surface area (Å²) in [6.07, 6.45) is 0. The second-order valence-corrected chi connectivity index (χ2v) is 5.35.